The van der Waals surface area contributed by atoms with Gasteiger partial charge < -0.3 is 9.84 Å². The number of hydrogen-bond donors (Lipinski definition) is 1. The van der Waals surface area contributed by atoms with E-state index in [1.54, 1.807) is 19.9 Å². The summed E-state index contributed by atoms with van der Waals surface area (Å²) in [6.45, 7) is 12.8. The summed E-state index contributed by atoms with van der Waals surface area (Å²) in [6.07, 6.45) is 2.07. The molecule has 2 aliphatic rings. The SMILES string of the molecule is C[C@@H]1CCN(CCOc2ccc(C3(C)c4ccc(O)cc4CCN3CC(C)(C)F)cc2)C1. The third kappa shape index (κ3) is 4.94. The molecule has 0 bridgehead atoms. The number of rotatable bonds is 7. The maximum atomic E-state index is 14.7. The lowest BCUT2D eigenvalue weighted by Gasteiger charge is -2.48. The van der Waals surface area contributed by atoms with Gasteiger partial charge in [0, 0.05) is 26.2 Å². The number of phenols is 1. The molecular weight excluding hydrogens is 403 g/mol. The zero-order valence-corrected chi connectivity index (χ0v) is 19.9. The summed E-state index contributed by atoms with van der Waals surface area (Å²) in [4.78, 5) is 4.70. The van der Waals surface area contributed by atoms with Gasteiger partial charge in [-0.2, -0.15) is 0 Å². The Morgan fingerprint density at radius 2 is 1.91 bits per heavy atom. The van der Waals surface area contributed by atoms with Gasteiger partial charge >= 0.3 is 0 Å². The first-order chi connectivity index (χ1) is 15.1. The van der Waals surface area contributed by atoms with E-state index in [2.05, 4.69) is 35.8 Å². The van der Waals surface area contributed by atoms with Crippen molar-refractivity contribution in [2.45, 2.75) is 51.7 Å². The molecule has 1 fully saturated rings. The number of nitrogens with zero attached hydrogens (tertiary/aromatic N) is 2. The Hall–Kier alpha value is -2.11. The first kappa shape index (κ1) is 23.1. The minimum atomic E-state index is -1.30. The fraction of sp³-hybridized carbons (Fsp3) is 0.556. The van der Waals surface area contributed by atoms with Crippen LogP contribution in [0.3, 0.4) is 0 Å². The van der Waals surface area contributed by atoms with Crippen molar-refractivity contribution in [3.05, 3.63) is 59.2 Å². The van der Waals surface area contributed by atoms with Crippen LogP contribution in [0.2, 0.25) is 0 Å². The molecule has 0 aliphatic carbocycles. The molecule has 2 heterocycles. The van der Waals surface area contributed by atoms with Crippen LogP contribution < -0.4 is 4.74 Å². The highest BCUT2D eigenvalue weighted by atomic mass is 19.1. The van der Waals surface area contributed by atoms with Gasteiger partial charge in [-0.05, 0) is 87.0 Å². The van der Waals surface area contributed by atoms with Crippen molar-refractivity contribution in [3.8, 4) is 11.5 Å². The topological polar surface area (TPSA) is 35.9 Å². The Bertz CT molecular complexity index is 924. The molecule has 4 nitrogen and oxygen atoms in total. The molecule has 174 valence electrons. The maximum absolute atomic E-state index is 14.7. The summed E-state index contributed by atoms with van der Waals surface area (Å²) in [6, 6.07) is 13.8. The highest BCUT2D eigenvalue weighted by Crippen LogP contribution is 2.43. The number of alkyl halides is 1. The molecule has 0 aromatic heterocycles. The van der Waals surface area contributed by atoms with E-state index in [0.717, 1.165) is 61.0 Å². The molecule has 0 spiro atoms. The second-order valence-electron chi connectivity index (χ2n) is 10.4. The molecule has 2 aliphatic heterocycles. The van der Waals surface area contributed by atoms with Crippen LogP contribution in [0.15, 0.2) is 42.5 Å². The molecule has 32 heavy (non-hydrogen) atoms. The number of aromatic hydroxyl groups is 1. The highest BCUT2D eigenvalue weighted by Gasteiger charge is 2.42. The van der Waals surface area contributed by atoms with Gasteiger partial charge in [-0.15, -0.1) is 0 Å². The molecule has 2 aromatic rings. The molecule has 2 aromatic carbocycles. The van der Waals surface area contributed by atoms with E-state index in [9.17, 15) is 9.50 Å². The van der Waals surface area contributed by atoms with Crippen molar-refractivity contribution in [2.75, 3.05) is 39.3 Å². The van der Waals surface area contributed by atoms with Crippen molar-refractivity contribution >= 4 is 0 Å². The summed E-state index contributed by atoms with van der Waals surface area (Å²) in [7, 11) is 0. The Balaban J connectivity index is 1.54. The van der Waals surface area contributed by atoms with E-state index in [4.69, 9.17) is 4.74 Å². The van der Waals surface area contributed by atoms with Gasteiger partial charge in [0.25, 0.3) is 0 Å². The summed E-state index contributed by atoms with van der Waals surface area (Å²) >= 11 is 0. The molecule has 5 heteroatoms. The summed E-state index contributed by atoms with van der Waals surface area (Å²) < 4.78 is 20.7. The lowest BCUT2D eigenvalue weighted by atomic mass is 9.76. The van der Waals surface area contributed by atoms with Gasteiger partial charge in [0.05, 0.1) is 5.54 Å². The van der Waals surface area contributed by atoms with E-state index in [0.29, 0.717) is 13.2 Å². The lowest BCUT2D eigenvalue weighted by molar-refractivity contribution is 0.0540. The van der Waals surface area contributed by atoms with Crippen LogP contribution in [0.5, 0.6) is 11.5 Å². The van der Waals surface area contributed by atoms with E-state index < -0.39 is 11.2 Å². The van der Waals surface area contributed by atoms with Crippen molar-refractivity contribution < 1.29 is 14.2 Å². The second kappa shape index (κ2) is 9.03. The molecule has 1 unspecified atom stereocenters. The molecule has 0 saturated carbocycles. The fourth-order valence-electron chi connectivity index (χ4n) is 5.34. The first-order valence-electron chi connectivity index (χ1n) is 11.9. The Morgan fingerprint density at radius 3 is 2.56 bits per heavy atom. The van der Waals surface area contributed by atoms with Crippen molar-refractivity contribution in [3.63, 3.8) is 0 Å². The molecule has 0 radical (unpaired) electrons. The van der Waals surface area contributed by atoms with Gasteiger partial charge in [-0.1, -0.05) is 25.1 Å². The first-order valence-corrected chi connectivity index (χ1v) is 11.9. The summed E-state index contributed by atoms with van der Waals surface area (Å²) in [5.74, 6) is 1.93. The quantitative estimate of drug-likeness (QED) is 0.659. The highest BCUT2D eigenvalue weighted by molar-refractivity contribution is 5.48. The van der Waals surface area contributed by atoms with Gasteiger partial charge in [0.2, 0.25) is 0 Å². The molecule has 1 N–H and O–H groups in total. The van der Waals surface area contributed by atoms with Crippen LogP contribution in [0.1, 0.15) is 50.8 Å². The van der Waals surface area contributed by atoms with Gasteiger partial charge in [-0.3, -0.25) is 9.80 Å². The minimum absolute atomic E-state index is 0.279. The zero-order valence-electron chi connectivity index (χ0n) is 19.9. The number of benzene rings is 2. The second-order valence-corrected chi connectivity index (χ2v) is 10.4. The largest absolute Gasteiger partial charge is 0.508 e. The predicted octanol–water partition coefficient (Wildman–Crippen LogP) is 4.98. The zero-order chi connectivity index (χ0) is 22.9. The maximum Gasteiger partial charge on any atom is 0.119 e. The third-order valence-corrected chi connectivity index (χ3v) is 7.06. The molecule has 2 atom stereocenters. The van der Waals surface area contributed by atoms with Gasteiger partial charge in [-0.25, -0.2) is 4.39 Å². The third-order valence-electron chi connectivity index (χ3n) is 7.06. The van der Waals surface area contributed by atoms with Crippen molar-refractivity contribution in [1.29, 1.82) is 0 Å². The minimum Gasteiger partial charge on any atom is -0.508 e. The molecular formula is C27H37FN2O2. The molecule has 0 amide bonds. The van der Waals surface area contributed by atoms with Gasteiger partial charge in [0.15, 0.2) is 0 Å². The van der Waals surface area contributed by atoms with Crippen LogP contribution in [-0.4, -0.2) is 59.9 Å². The number of phenolic OH excluding ortho intramolecular Hbond substituents is 1. The number of likely N-dealkylation sites (tertiary alicyclic amines) is 1. The number of hydrogen-bond acceptors (Lipinski definition) is 4. The van der Waals surface area contributed by atoms with Crippen molar-refractivity contribution in [1.82, 2.24) is 9.80 Å². The Labute approximate surface area is 192 Å². The predicted molar refractivity (Wildman–Crippen MR) is 127 cm³/mol. The van der Waals surface area contributed by atoms with E-state index in [1.165, 1.54) is 6.42 Å². The standard InChI is InChI=1S/C27H37FN2O2/c1-20-11-13-29(18-20)15-16-32-24-8-5-22(6-9-24)27(4)25-10-7-23(31)17-21(25)12-14-30(27)19-26(2,3)28/h5-10,17,20,31H,11-16,18-19H2,1-4H3/t20-,27?/m1/s1. The molecule has 4 rings (SSSR count). The van der Waals surface area contributed by atoms with E-state index in [-0.39, 0.29) is 5.75 Å². The normalized spacial score (nSPS) is 24.5. The van der Waals surface area contributed by atoms with E-state index in [1.807, 2.05) is 24.3 Å². The summed E-state index contributed by atoms with van der Waals surface area (Å²) in [5.41, 5.74) is 1.58. The Kier molecular flexibility index (Phi) is 6.51. The van der Waals surface area contributed by atoms with Crippen LogP contribution in [0, 0.1) is 5.92 Å². The molecule has 1 saturated heterocycles. The van der Waals surface area contributed by atoms with Crippen LogP contribution in [0.25, 0.3) is 0 Å². The van der Waals surface area contributed by atoms with Crippen LogP contribution in [0.4, 0.5) is 4.39 Å². The van der Waals surface area contributed by atoms with E-state index >= 15 is 0 Å². The summed E-state index contributed by atoms with van der Waals surface area (Å²) in [5, 5.41) is 10.00. The van der Waals surface area contributed by atoms with Crippen LogP contribution in [-0.2, 0) is 12.0 Å². The Morgan fingerprint density at radius 1 is 1.16 bits per heavy atom. The monoisotopic (exact) mass is 440 g/mol. The van der Waals surface area contributed by atoms with Crippen LogP contribution >= 0.6 is 0 Å². The average Bonchev–Trinajstić information content (AvgIpc) is 3.15. The number of halogens is 1. The smallest absolute Gasteiger partial charge is 0.119 e. The number of fused-ring (bicyclic) bond motifs is 1. The lowest BCUT2D eigenvalue weighted by Crippen LogP contribution is -2.53. The van der Waals surface area contributed by atoms with Gasteiger partial charge in [0.1, 0.15) is 23.8 Å². The fourth-order valence-corrected chi connectivity index (χ4v) is 5.34. The van der Waals surface area contributed by atoms with Crippen molar-refractivity contribution in [2.24, 2.45) is 5.92 Å². The average molecular weight is 441 g/mol. The number of ether oxygens (including phenoxy) is 1.